The van der Waals surface area contributed by atoms with Gasteiger partial charge < -0.3 is 11.1 Å². The molecule has 1 saturated heterocycles. The number of aromatic nitrogens is 1. The summed E-state index contributed by atoms with van der Waals surface area (Å²) < 4.78 is 0. The summed E-state index contributed by atoms with van der Waals surface area (Å²) in [6, 6.07) is 17.6. The number of primary amides is 1. The monoisotopic (exact) mass is 420 g/mol. The van der Waals surface area contributed by atoms with Crippen LogP contribution in [0.4, 0.5) is 5.69 Å². The number of para-hydroxylation sites is 1. The maximum atomic E-state index is 12.8. The zero-order chi connectivity index (χ0) is 20.9. The Hall–Kier alpha value is -3.03. The average Bonchev–Trinajstić information content (AvgIpc) is 3.26. The zero-order valence-corrected chi connectivity index (χ0v) is 17.4. The number of likely N-dealkylation sites (tertiary alicyclic amines) is 1. The molecule has 0 saturated carbocycles. The first-order valence-corrected chi connectivity index (χ1v) is 10.8. The maximum absolute atomic E-state index is 12.8. The van der Waals surface area contributed by atoms with Gasteiger partial charge in [0, 0.05) is 24.3 Å². The number of thiazole rings is 1. The summed E-state index contributed by atoms with van der Waals surface area (Å²) in [6.45, 7) is 2.24. The molecule has 2 heterocycles. The fraction of sp³-hybridized carbons (Fsp3) is 0.261. The van der Waals surface area contributed by atoms with E-state index in [0.29, 0.717) is 18.0 Å². The van der Waals surface area contributed by atoms with Gasteiger partial charge in [-0.2, -0.15) is 0 Å². The van der Waals surface area contributed by atoms with Gasteiger partial charge in [0.2, 0.25) is 5.91 Å². The van der Waals surface area contributed by atoms with Crippen molar-refractivity contribution in [2.24, 2.45) is 11.7 Å². The molecule has 7 heteroatoms. The van der Waals surface area contributed by atoms with E-state index in [1.165, 1.54) is 11.3 Å². The van der Waals surface area contributed by atoms with Gasteiger partial charge in [0.25, 0.3) is 5.91 Å². The lowest BCUT2D eigenvalue weighted by molar-refractivity contribution is -0.123. The van der Waals surface area contributed by atoms with Crippen LogP contribution in [0.3, 0.4) is 0 Å². The topological polar surface area (TPSA) is 88.3 Å². The summed E-state index contributed by atoms with van der Waals surface area (Å²) in [5, 5.41) is 3.85. The van der Waals surface area contributed by atoms with Crippen LogP contribution < -0.4 is 11.1 Å². The molecular weight excluding hydrogens is 396 g/mol. The quantitative estimate of drug-likeness (QED) is 0.636. The highest BCUT2D eigenvalue weighted by Gasteiger charge is 2.24. The average molecular weight is 421 g/mol. The van der Waals surface area contributed by atoms with Gasteiger partial charge in [-0.05, 0) is 31.0 Å². The van der Waals surface area contributed by atoms with Crippen molar-refractivity contribution in [1.82, 2.24) is 9.88 Å². The van der Waals surface area contributed by atoms with Gasteiger partial charge in [-0.15, -0.1) is 11.3 Å². The fourth-order valence-electron chi connectivity index (χ4n) is 3.73. The van der Waals surface area contributed by atoms with Crippen molar-refractivity contribution in [2.75, 3.05) is 18.4 Å². The van der Waals surface area contributed by atoms with Crippen LogP contribution in [-0.2, 0) is 11.3 Å². The third-order valence-corrected chi connectivity index (χ3v) is 6.36. The number of amides is 2. The van der Waals surface area contributed by atoms with Crippen LogP contribution in [0, 0.1) is 5.92 Å². The SMILES string of the molecule is NC(=O)C1CCCN(Cc2ccccc2NC(=O)c2cnc(-c3ccccc3)s2)C1. The van der Waals surface area contributed by atoms with E-state index in [1.54, 1.807) is 6.20 Å². The highest BCUT2D eigenvalue weighted by atomic mass is 32.1. The zero-order valence-electron chi connectivity index (χ0n) is 16.6. The molecule has 1 aliphatic heterocycles. The fourth-order valence-corrected chi connectivity index (χ4v) is 4.55. The Kier molecular flexibility index (Phi) is 6.21. The van der Waals surface area contributed by atoms with E-state index in [2.05, 4.69) is 15.2 Å². The lowest BCUT2D eigenvalue weighted by Gasteiger charge is -2.31. The first-order chi connectivity index (χ1) is 14.6. The smallest absolute Gasteiger partial charge is 0.267 e. The Balaban J connectivity index is 1.46. The van der Waals surface area contributed by atoms with Crippen LogP contribution >= 0.6 is 11.3 Å². The first kappa shape index (κ1) is 20.3. The largest absolute Gasteiger partial charge is 0.369 e. The molecule has 0 bridgehead atoms. The van der Waals surface area contributed by atoms with Gasteiger partial charge in [0.1, 0.15) is 9.88 Å². The van der Waals surface area contributed by atoms with Gasteiger partial charge >= 0.3 is 0 Å². The Labute approximate surface area is 179 Å². The highest BCUT2D eigenvalue weighted by molar-refractivity contribution is 7.17. The molecule has 0 aliphatic carbocycles. The second kappa shape index (κ2) is 9.19. The highest BCUT2D eigenvalue weighted by Crippen LogP contribution is 2.27. The molecule has 1 fully saturated rings. The predicted octanol–water partition coefficient (Wildman–Crippen LogP) is 3.76. The Morgan fingerprint density at radius 1 is 1.13 bits per heavy atom. The second-order valence-corrected chi connectivity index (χ2v) is 8.51. The van der Waals surface area contributed by atoms with Crippen molar-refractivity contribution in [1.29, 1.82) is 0 Å². The molecule has 2 amide bonds. The van der Waals surface area contributed by atoms with Crippen LogP contribution in [0.1, 0.15) is 28.1 Å². The summed E-state index contributed by atoms with van der Waals surface area (Å²) in [6.07, 6.45) is 3.41. The van der Waals surface area contributed by atoms with Gasteiger partial charge in [-0.1, -0.05) is 48.5 Å². The standard InChI is InChI=1S/C23H24N4O2S/c24-21(28)18-10-6-12-27(15-18)14-17-9-4-5-11-19(17)26-22(29)20-13-25-23(30-20)16-7-2-1-3-8-16/h1-5,7-9,11,13,18H,6,10,12,14-15H2,(H2,24,28)(H,26,29). The van der Waals surface area contributed by atoms with E-state index in [-0.39, 0.29) is 17.7 Å². The van der Waals surface area contributed by atoms with E-state index >= 15 is 0 Å². The number of carbonyl (C=O) groups is 2. The van der Waals surface area contributed by atoms with Gasteiger partial charge in [-0.25, -0.2) is 4.98 Å². The van der Waals surface area contributed by atoms with Gasteiger partial charge in [0.05, 0.1) is 12.1 Å². The summed E-state index contributed by atoms with van der Waals surface area (Å²) in [4.78, 5) is 31.6. The summed E-state index contributed by atoms with van der Waals surface area (Å²) in [5.41, 5.74) is 8.29. The third-order valence-electron chi connectivity index (χ3n) is 5.32. The van der Waals surface area contributed by atoms with Crippen molar-refractivity contribution in [3.63, 3.8) is 0 Å². The molecule has 1 unspecified atom stereocenters. The number of anilines is 1. The number of carbonyl (C=O) groups excluding carboxylic acids is 2. The Bertz CT molecular complexity index is 1030. The van der Waals surface area contributed by atoms with Crippen LogP contribution in [0.25, 0.3) is 10.6 Å². The molecule has 1 aliphatic rings. The van der Waals surface area contributed by atoms with Crippen molar-refractivity contribution >= 4 is 28.8 Å². The van der Waals surface area contributed by atoms with E-state index in [0.717, 1.165) is 41.2 Å². The third kappa shape index (κ3) is 4.75. The second-order valence-electron chi connectivity index (χ2n) is 7.48. The number of rotatable bonds is 6. The normalized spacial score (nSPS) is 16.9. The Morgan fingerprint density at radius 2 is 1.90 bits per heavy atom. The molecule has 154 valence electrons. The number of piperidine rings is 1. The molecule has 0 spiro atoms. The van der Waals surface area contributed by atoms with Gasteiger partial charge in [-0.3, -0.25) is 14.5 Å². The lowest BCUT2D eigenvalue weighted by Crippen LogP contribution is -2.40. The number of benzene rings is 2. The number of nitrogens with zero attached hydrogens (tertiary/aromatic N) is 2. The van der Waals surface area contributed by atoms with Crippen LogP contribution in [-0.4, -0.2) is 34.8 Å². The molecule has 4 rings (SSSR count). The van der Waals surface area contributed by atoms with E-state index in [4.69, 9.17) is 5.73 Å². The van der Waals surface area contributed by atoms with Crippen molar-refractivity contribution in [2.45, 2.75) is 19.4 Å². The number of nitrogens with one attached hydrogen (secondary N) is 1. The molecule has 0 radical (unpaired) electrons. The lowest BCUT2D eigenvalue weighted by atomic mass is 9.97. The molecule has 3 aromatic rings. The Morgan fingerprint density at radius 3 is 2.70 bits per heavy atom. The molecular formula is C23H24N4O2S. The summed E-state index contributed by atoms with van der Waals surface area (Å²) in [5.74, 6) is -0.509. The minimum atomic E-state index is -0.235. The van der Waals surface area contributed by atoms with E-state index in [1.807, 2.05) is 54.6 Å². The minimum Gasteiger partial charge on any atom is -0.369 e. The van der Waals surface area contributed by atoms with Crippen molar-refractivity contribution in [3.05, 3.63) is 71.2 Å². The molecule has 30 heavy (non-hydrogen) atoms. The van der Waals surface area contributed by atoms with Crippen LogP contribution in [0.2, 0.25) is 0 Å². The molecule has 6 nitrogen and oxygen atoms in total. The van der Waals surface area contributed by atoms with Crippen molar-refractivity contribution in [3.8, 4) is 10.6 Å². The first-order valence-electron chi connectivity index (χ1n) is 10.0. The number of hydrogen-bond acceptors (Lipinski definition) is 5. The molecule has 3 N–H and O–H groups in total. The maximum Gasteiger partial charge on any atom is 0.267 e. The number of nitrogens with two attached hydrogens (primary N) is 1. The molecule has 1 atom stereocenters. The van der Waals surface area contributed by atoms with Crippen molar-refractivity contribution < 1.29 is 9.59 Å². The minimum absolute atomic E-state index is 0.103. The van der Waals surface area contributed by atoms with Gasteiger partial charge in [0.15, 0.2) is 0 Å². The van der Waals surface area contributed by atoms with Crippen LogP contribution in [0.5, 0.6) is 0 Å². The van der Waals surface area contributed by atoms with E-state index in [9.17, 15) is 9.59 Å². The molecule has 2 aromatic carbocycles. The number of hydrogen-bond donors (Lipinski definition) is 2. The van der Waals surface area contributed by atoms with Crippen LogP contribution in [0.15, 0.2) is 60.8 Å². The molecule has 1 aromatic heterocycles. The summed E-state index contributed by atoms with van der Waals surface area (Å²) >= 11 is 1.37. The summed E-state index contributed by atoms with van der Waals surface area (Å²) in [7, 11) is 0. The van der Waals surface area contributed by atoms with E-state index < -0.39 is 0 Å². The predicted molar refractivity (Wildman–Crippen MR) is 119 cm³/mol.